The number of amides is 1. The number of thiazole rings is 1. The van der Waals surface area contributed by atoms with Crippen LogP contribution in [0.25, 0.3) is 10.2 Å². The van der Waals surface area contributed by atoms with Crippen LogP contribution in [0.15, 0.2) is 29.3 Å². The maximum Gasteiger partial charge on any atom is 0.297 e. The van der Waals surface area contributed by atoms with Gasteiger partial charge in [0.15, 0.2) is 4.80 Å². The van der Waals surface area contributed by atoms with E-state index in [-0.39, 0.29) is 12.4 Å². The number of hydrogen-bond acceptors (Lipinski definition) is 3. The molecule has 1 amide bonds. The molecular weight excluding hydrogens is 327 g/mol. The number of nitrogens with zero attached hydrogens (tertiary/aromatic N) is 4. The Morgan fingerprint density at radius 2 is 2.29 bits per heavy atom. The summed E-state index contributed by atoms with van der Waals surface area (Å²) in [6, 6.07) is 6.45. The quantitative estimate of drug-likeness (QED) is 0.687. The molecule has 0 radical (unpaired) electrons. The highest BCUT2D eigenvalue weighted by Gasteiger charge is 2.15. The summed E-state index contributed by atoms with van der Waals surface area (Å²) < 4.78 is 18.0. The largest absolute Gasteiger partial charge is 0.302 e. The molecule has 1 aromatic carbocycles. The predicted molar refractivity (Wildman–Crippen MR) is 91.1 cm³/mol. The number of halogens is 1. The number of para-hydroxylation sites is 1. The van der Waals surface area contributed by atoms with Crippen LogP contribution in [0.2, 0.25) is 0 Å². The molecule has 2 heterocycles. The maximum absolute atomic E-state index is 14.1. The number of aryl methyl sites for hydroxylation is 2. The molecule has 0 N–H and O–H groups in total. The Labute approximate surface area is 142 Å². The lowest BCUT2D eigenvalue weighted by atomic mass is 10.3. The van der Waals surface area contributed by atoms with Crippen LogP contribution in [0, 0.1) is 25.1 Å². The SMILES string of the molecule is C#CCn1c(=NC(=O)c2cc(C)nn2CC)sc2cccc(F)c21. The van der Waals surface area contributed by atoms with Gasteiger partial charge in [0.2, 0.25) is 0 Å². The lowest BCUT2D eigenvalue weighted by Gasteiger charge is -2.01. The van der Waals surface area contributed by atoms with Gasteiger partial charge in [0.25, 0.3) is 5.91 Å². The van der Waals surface area contributed by atoms with Crippen LogP contribution < -0.4 is 4.80 Å². The number of rotatable bonds is 3. The first-order valence-corrected chi connectivity index (χ1v) is 8.21. The highest BCUT2D eigenvalue weighted by molar-refractivity contribution is 7.16. The van der Waals surface area contributed by atoms with Crippen molar-refractivity contribution in [3.8, 4) is 12.3 Å². The van der Waals surface area contributed by atoms with Gasteiger partial charge in [0, 0.05) is 6.54 Å². The normalized spacial score (nSPS) is 11.8. The summed E-state index contributed by atoms with van der Waals surface area (Å²) in [6.07, 6.45) is 5.39. The van der Waals surface area contributed by atoms with Gasteiger partial charge < -0.3 is 4.57 Å². The van der Waals surface area contributed by atoms with Crippen LogP contribution in [0.4, 0.5) is 4.39 Å². The lowest BCUT2D eigenvalue weighted by molar-refractivity contribution is 0.0987. The molecule has 0 bridgehead atoms. The number of hydrogen-bond donors (Lipinski definition) is 0. The zero-order valence-electron chi connectivity index (χ0n) is 13.3. The lowest BCUT2D eigenvalue weighted by Crippen LogP contribution is -2.18. The van der Waals surface area contributed by atoms with Gasteiger partial charge in [-0.15, -0.1) is 6.42 Å². The van der Waals surface area contributed by atoms with Crippen molar-refractivity contribution in [1.82, 2.24) is 14.3 Å². The molecule has 0 saturated carbocycles. The minimum Gasteiger partial charge on any atom is -0.302 e. The fourth-order valence-electron chi connectivity index (χ4n) is 2.51. The first kappa shape index (κ1) is 16.1. The molecule has 0 unspecified atom stereocenters. The number of carbonyl (C=O) groups is 1. The van der Waals surface area contributed by atoms with Gasteiger partial charge in [-0.05, 0) is 32.0 Å². The third-order valence-electron chi connectivity index (χ3n) is 3.52. The second-order valence-corrected chi connectivity index (χ2v) is 6.17. The minimum absolute atomic E-state index is 0.138. The monoisotopic (exact) mass is 342 g/mol. The molecule has 122 valence electrons. The standard InChI is InChI=1S/C17H15FN4OS/c1-4-9-21-15-12(18)7-6-8-14(15)24-17(21)19-16(23)13-10-11(3)20-22(13)5-2/h1,6-8,10H,5,9H2,2-3H3. The van der Waals surface area contributed by atoms with E-state index in [9.17, 15) is 9.18 Å². The number of benzene rings is 1. The summed E-state index contributed by atoms with van der Waals surface area (Å²) in [4.78, 5) is 17.1. The molecule has 7 heteroatoms. The van der Waals surface area contributed by atoms with Crippen molar-refractivity contribution in [2.75, 3.05) is 0 Å². The Kier molecular flexibility index (Phi) is 4.32. The summed E-state index contributed by atoms with van der Waals surface area (Å²) in [6.45, 7) is 4.42. The molecule has 0 fully saturated rings. The van der Waals surface area contributed by atoms with Crippen LogP contribution in [-0.4, -0.2) is 20.3 Å². The summed E-state index contributed by atoms with van der Waals surface area (Å²) in [5, 5.41) is 4.25. The van der Waals surface area contributed by atoms with Crippen molar-refractivity contribution in [2.45, 2.75) is 26.9 Å². The van der Waals surface area contributed by atoms with Gasteiger partial charge in [-0.1, -0.05) is 23.3 Å². The molecule has 24 heavy (non-hydrogen) atoms. The third-order valence-corrected chi connectivity index (χ3v) is 4.56. The Hall–Kier alpha value is -2.72. The molecule has 0 aliphatic carbocycles. The van der Waals surface area contributed by atoms with Gasteiger partial charge in [-0.2, -0.15) is 10.1 Å². The van der Waals surface area contributed by atoms with E-state index in [0.29, 0.717) is 27.3 Å². The van der Waals surface area contributed by atoms with Crippen LogP contribution in [-0.2, 0) is 13.1 Å². The van der Waals surface area contributed by atoms with Gasteiger partial charge >= 0.3 is 0 Å². The number of fused-ring (bicyclic) bond motifs is 1. The maximum atomic E-state index is 14.1. The van der Waals surface area contributed by atoms with Crippen molar-refractivity contribution < 1.29 is 9.18 Å². The Bertz CT molecular complexity index is 1040. The second kappa shape index (κ2) is 6.42. The summed E-state index contributed by atoms with van der Waals surface area (Å²) in [5.74, 6) is 1.68. The van der Waals surface area contributed by atoms with Crippen molar-refractivity contribution >= 4 is 27.5 Å². The predicted octanol–water partition coefficient (Wildman–Crippen LogP) is 2.74. The summed E-state index contributed by atoms with van der Waals surface area (Å²) in [5.41, 5.74) is 1.52. The summed E-state index contributed by atoms with van der Waals surface area (Å²) >= 11 is 1.23. The minimum atomic E-state index is -0.421. The van der Waals surface area contributed by atoms with E-state index in [1.165, 1.54) is 17.4 Å². The number of aromatic nitrogens is 3. The number of carbonyl (C=O) groups excluding carboxylic acids is 1. The van der Waals surface area contributed by atoms with E-state index in [0.717, 1.165) is 5.69 Å². The van der Waals surface area contributed by atoms with E-state index in [1.54, 1.807) is 27.4 Å². The van der Waals surface area contributed by atoms with Crippen molar-refractivity contribution in [2.24, 2.45) is 4.99 Å². The summed E-state index contributed by atoms with van der Waals surface area (Å²) in [7, 11) is 0. The van der Waals surface area contributed by atoms with Crippen LogP contribution in [0.3, 0.4) is 0 Å². The second-order valence-electron chi connectivity index (χ2n) is 5.17. The third kappa shape index (κ3) is 2.76. The van der Waals surface area contributed by atoms with E-state index < -0.39 is 5.91 Å². The molecular formula is C17H15FN4OS. The Morgan fingerprint density at radius 1 is 1.50 bits per heavy atom. The topological polar surface area (TPSA) is 52.2 Å². The average Bonchev–Trinajstić information content (AvgIpc) is 3.09. The van der Waals surface area contributed by atoms with Crippen molar-refractivity contribution in [3.05, 3.63) is 46.3 Å². The van der Waals surface area contributed by atoms with Gasteiger partial charge in [0.1, 0.15) is 11.5 Å². The zero-order chi connectivity index (χ0) is 17.3. The molecule has 0 spiro atoms. The van der Waals surface area contributed by atoms with E-state index in [1.807, 2.05) is 13.8 Å². The van der Waals surface area contributed by atoms with Crippen molar-refractivity contribution in [1.29, 1.82) is 0 Å². The molecule has 0 atom stereocenters. The van der Waals surface area contributed by atoms with Gasteiger partial charge in [0.05, 0.1) is 22.5 Å². The molecule has 0 aliphatic heterocycles. The Balaban J connectivity index is 2.19. The van der Waals surface area contributed by atoms with Crippen LogP contribution in [0.1, 0.15) is 23.1 Å². The van der Waals surface area contributed by atoms with E-state index in [2.05, 4.69) is 16.0 Å². The molecule has 0 aliphatic rings. The first-order valence-electron chi connectivity index (χ1n) is 7.40. The van der Waals surface area contributed by atoms with Crippen LogP contribution >= 0.6 is 11.3 Å². The van der Waals surface area contributed by atoms with Gasteiger partial charge in [-0.3, -0.25) is 9.48 Å². The molecule has 2 aromatic heterocycles. The van der Waals surface area contributed by atoms with Gasteiger partial charge in [-0.25, -0.2) is 4.39 Å². The molecule has 5 nitrogen and oxygen atoms in total. The first-order chi connectivity index (χ1) is 11.5. The molecule has 3 rings (SSSR count). The molecule has 3 aromatic rings. The average molecular weight is 342 g/mol. The van der Waals surface area contributed by atoms with E-state index in [4.69, 9.17) is 6.42 Å². The Morgan fingerprint density at radius 3 is 3.00 bits per heavy atom. The number of terminal acetylenes is 1. The van der Waals surface area contributed by atoms with Crippen molar-refractivity contribution in [3.63, 3.8) is 0 Å². The molecule has 0 saturated heterocycles. The fourth-order valence-corrected chi connectivity index (χ4v) is 3.56. The smallest absolute Gasteiger partial charge is 0.297 e. The highest BCUT2D eigenvalue weighted by atomic mass is 32.1. The van der Waals surface area contributed by atoms with Crippen LogP contribution in [0.5, 0.6) is 0 Å². The van der Waals surface area contributed by atoms with E-state index >= 15 is 0 Å². The fraction of sp³-hybridized carbons (Fsp3) is 0.235. The zero-order valence-corrected chi connectivity index (χ0v) is 14.1. The highest BCUT2D eigenvalue weighted by Crippen LogP contribution is 2.20.